The minimum Gasteiger partial charge on any atom is -0.311 e. The highest BCUT2D eigenvalue weighted by Crippen LogP contribution is 2.26. The van der Waals surface area contributed by atoms with Crippen molar-refractivity contribution in [3.63, 3.8) is 0 Å². The molecule has 1 N–H and O–H groups in total. The number of hydrogen-bond donors (Lipinski definition) is 1. The zero-order valence-electron chi connectivity index (χ0n) is 16.5. The molecular weight excluding hydrogens is 304 g/mol. The Kier molecular flexibility index (Phi) is 6.80. The van der Waals surface area contributed by atoms with Gasteiger partial charge in [0.25, 0.3) is 0 Å². The van der Waals surface area contributed by atoms with Crippen molar-refractivity contribution in [1.29, 1.82) is 0 Å². The summed E-state index contributed by atoms with van der Waals surface area (Å²) in [5.74, 6) is 0. The van der Waals surface area contributed by atoms with Crippen LogP contribution in [0.5, 0.6) is 0 Å². The largest absolute Gasteiger partial charge is 0.311 e. The predicted molar refractivity (Wildman–Crippen MR) is 109 cm³/mol. The van der Waals surface area contributed by atoms with E-state index < -0.39 is 0 Å². The van der Waals surface area contributed by atoms with Gasteiger partial charge in [0.05, 0.1) is 0 Å². The Labute approximate surface area is 154 Å². The molecule has 0 heterocycles. The summed E-state index contributed by atoms with van der Waals surface area (Å²) in [6.45, 7) is 15.4. The highest BCUT2D eigenvalue weighted by Gasteiger charge is 2.30. The molecular formula is C23H34N2. The summed E-state index contributed by atoms with van der Waals surface area (Å²) in [6, 6.07) is 21.7. The molecule has 2 aromatic carbocycles. The molecule has 0 radical (unpaired) electrons. The Bertz CT molecular complexity index is 616. The van der Waals surface area contributed by atoms with Crippen LogP contribution in [-0.4, -0.2) is 30.1 Å². The van der Waals surface area contributed by atoms with E-state index in [9.17, 15) is 0 Å². The maximum absolute atomic E-state index is 3.73. The predicted octanol–water partition coefficient (Wildman–Crippen LogP) is 4.85. The van der Waals surface area contributed by atoms with Crippen molar-refractivity contribution in [2.75, 3.05) is 19.6 Å². The van der Waals surface area contributed by atoms with Crippen molar-refractivity contribution in [3.8, 4) is 0 Å². The third kappa shape index (κ3) is 6.30. The first-order chi connectivity index (χ1) is 11.8. The van der Waals surface area contributed by atoms with Gasteiger partial charge in [-0.3, -0.25) is 4.90 Å². The highest BCUT2D eigenvalue weighted by atomic mass is 15.1. The zero-order chi connectivity index (χ0) is 18.3. The second-order valence-corrected chi connectivity index (χ2v) is 8.32. The summed E-state index contributed by atoms with van der Waals surface area (Å²) in [5.41, 5.74) is 2.97. The highest BCUT2D eigenvalue weighted by molar-refractivity contribution is 5.26. The van der Waals surface area contributed by atoms with Crippen molar-refractivity contribution in [1.82, 2.24) is 10.2 Å². The van der Waals surface area contributed by atoms with Gasteiger partial charge in [-0.05, 0) is 38.4 Å². The minimum absolute atomic E-state index is 0.0688. The lowest BCUT2D eigenvalue weighted by Gasteiger charge is -2.38. The Morgan fingerprint density at radius 2 is 1.40 bits per heavy atom. The number of hydrogen-bond acceptors (Lipinski definition) is 2. The molecule has 2 nitrogen and oxygen atoms in total. The van der Waals surface area contributed by atoms with Crippen molar-refractivity contribution >= 4 is 0 Å². The summed E-state index contributed by atoms with van der Waals surface area (Å²) in [4.78, 5) is 2.55. The van der Waals surface area contributed by atoms with Gasteiger partial charge >= 0.3 is 0 Å². The van der Waals surface area contributed by atoms with Crippen LogP contribution in [0.2, 0.25) is 0 Å². The molecule has 0 fully saturated rings. The summed E-state index contributed by atoms with van der Waals surface area (Å²) >= 11 is 0. The van der Waals surface area contributed by atoms with E-state index in [1.165, 1.54) is 11.1 Å². The lowest BCUT2D eigenvalue weighted by Crippen LogP contribution is -2.49. The van der Waals surface area contributed by atoms with Gasteiger partial charge in [0.2, 0.25) is 0 Å². The van der Waals surface area contributed by atoms with Gasteiger partial charge in [0, 0.05) is 30.6 Å². The molecule has 0 saturated carbocycles. The van der Waals surface area contributed by atoms with Gasteiger partial charge in [0.15, 0.2) is 0 Å². The molecule has 0 aliphatic heterocycles. The molecule has 0 amide bonds. The van der Waals surface area contributed by atoms with Crippen LogP contribution >= 0.6 is 0 Å². The molecule has 0 bridgehead atoms. The van der Waals surface area contributed by atoms with E-state index in [0.717, 1.165) is 26.2 Å². The Morgan fingerprint density at radius 3 is 1.92 bits per heavy atom. The van der Waals surface area contributed by atoms with Crippen LogP contribution in [0.15, 0.2) is 60.7 Å². The molecule has 2 rings (SSSR count). The van der Waals surface area contributed by atoms with E-state index in [2.05, 4.69) is 105 Å². The molecule has 1 unspecified atom stereocenters. The smallest absolute Gasteiger partial charge is 0.0233 e. The second kappa shape index (κ2) is 8.64. The third-order valence-corrected chi connectivity index (χ3v) is 4.75. The number of likely N-dealkylation sites (N-methyl/N-ethyl adjacent to an activating group) is 1. The van der Waals surface area contributed by atoms with Crippen LogP contribution in [0.25, 0.3) is 0 Å². The van der Waals surface area contributed by atoms with Crippen LogP contribution in [0.1, 0.15) is 45.7 Å². The minimum atomic E-state index is 0.0688. The van der Waals surface area contributed by atoms with Gasteiger partial charge in [-0.25, -0.2) is 0 Å². The van der Waals surface area contributed by atoms with E-state index in [1.54, 1.807) is 0 Å². The van der Waals surface area contributed by atoms with Crippen molar-refractivity contribution in [2.24, 2.45) is 0 Å². The van der Waals surface area contributed by atoms with Gasteiger partial charge < -0.3 is 5.32 Å². The standard InChI is InChI=1S/C23H34N2/c1-6-25(17-20-13-9-7-10-14-20)19-23(5,18-24-22(2,3)4)21-15-11-8-12-16-21/h7-16,24H,6,17-19H2,1-5H3. The Balaban J connectivity index is 2.19. The molecule has 0 spiro atoms. The Morgan fingerprint density at radius 1 is 0.840 bits per heavy atom. The average molecular weight is 339 g/mol. The molecule has 136 valence electrons. The second-order valence-electron chi connectivity index (χ2n) is 8.32. The molecule has 0 aliphatic carbocycles. The summed E-state index contributed by atoms with van der Waals surface area (Å²) in [7, 11) is 0. The third-order valence-electron chi connectivity index (χ3n) is 4.75. The van der Waals surface area contributed by atoms with Gasteiger partial charge in [-0.2, -0.15) is 0 Å². The van der Waals surface area contributed by atoms with Crippen LogP contribution in [-0.2, 0) is 12.0 Å². The summed E-state index contributed by atoms with van der Waals surface area (Å²) < 4.78 is 0. The topological polar surface area (TPSA) is 15.3 Å². The van der Waals surface area contributed by atoms with Gasteiger partial charge in [0.1, 0.15) is 0 Å². The molecule has 25 heavy (non-hydrogen) atoms. The fraction of sp³-hybridized carbons (Fsp3) is 0.478. The first kappa shape index (κ1) is 19.7. The summed E-state index contributed by atoms with van der Waals surface area (Å²) in [5, 5.41) is 3.73. The first-order valence-electron chi connectivity index (χ1n) is 9.39. The first-order valence-corrected chi connectivity index (χ1v) is 9.39. The van der Waals surface area contributed by atoms with Gasteiger partial charge in [-0.1, -0.05) is 74.5 Å². The quantitative estimate of drug-likeness (QED) is 0.740. The van der Waals surface area contributed by atoms with Crippen molar-refractivity contribution < 1.29 is 0 Å². The molecule has 2 aromatic rings. The van der Waals surface area contributed by atoms with Crippen molar-refractivity contribution in [3.05, 3.63) is 71.8 Å². The molecule has 0 saturated heterocycles. The molecule has 0 aromatic heterocycles. The number of nitrogens with zero attached hydrogens (tertiary/aromatic N) is 1. The van der Waals surface area contributed by atoms with Crippen LogP contribution in [0.3, 0.4) is 0 Å². The maximum atomic E-state index is 3.73. The lowest BCUT2D eigenvalue weighted by atomic mass is 9.81. The maximum Gasteiger partial charge on any atom is 0.0233 e. The lowest BCUT2D eigenvalue weighted by molar-refractivity contribution is 0.203. The normalized spacial score (nSPS) is 14.5. The van der Waals surface area contributed by atoms with Crippen LogP contribution < -0.4 is 5.32 Å². The van der Waals surface area contributed by atoms with Gasteiger partial charge in [-0.15, -0.1) is 0 Å². The van der Waals surface area contributed by atoms with E-state index in [-0.39, 0.29) is 11.0 Å². The summed E-state index contributed by atoms with van der Waals surface area (Å²) in [6.07, 6.45) is 0. The SMILES string of the molecule is CCN(Cc1ccccc1)CC(C)(CNC(C)(C)C)c1ccccc1. The molecule has 2 heteroatoms. The number of nitrogens with one attached hydrogen (secondary N) is 1. The average Bonchev–Trinajstić information content (AvgIpc) is 2.60. The van der Waals surface area contributed by atoms with Crippen LogP contribution in [0.4, 0.5) is 0 Å². The van der Waals surface area contributed by atoms with Crippen LogP contribution in [0, 0.1) is 0 Å². The fourth-order valence-corrected chi connectivity index (χ4v) is 3.16. The van der Waals surface area contributed by atoms with E-state index in [0.29, 0.717) is 0 Å². The fourth-order valence-electron chi connectivity index (χ4n) is 3.16. The zero-order valence-corrected chi connectivity index (χ0v) is 16.5. The van der Waals surface area contributed by atoms with E-state index in [1.807, 2.05) is 0 Å². The van der Waals surface area contributed by atoms with E-state index in [4.69, 9.17) is 0 Å². The van der Waals surface area contributed by atoms with Crippen molar-refractivity contribution in [2.45, 2.75) is 52.1 Å². The molecule has 0 aliphatic rings. The molecule has 1 atom stereocenters. The monoisotopic (exact) mass is 338 g/mol. The number of benzene rings is 2. The Hall–Kier alpha value is -1.64. The number of rotatable bonds is 8. The van der Waals surface area contributed by atoms with E-state index >= 15 is 0 Å².